The van der Waals surface area contributed by atoms with E-state index in [4.69, 9.17) is 0 Å². The number of aromatic amines is 1. The van der Waals surface area contributed by atoms with E-state index in [9.17, 15) is 0 Å². The average molecular weight is 121 g/mol. The van der Waals surface area contributed by atoms with Gasteiger partial charge in [-0.2, -0.15) is 0 Å². The Labute approximate surface area is 44.6 Å². The number of rotatable bonds is 0. The predicted octanol–water partition coefficient (Wildman–Crippen LogP) is 0.187. The first-order valence-electron chi connectivity index (χ1n) is 1.68. The molecule has 0 spiro atoms. The summed E-state index contributed by atoms with van der Waals surface area (Å²) in [5, 5.41) is 0. The van der Waals surface area contributed by atoms with E-state index in [0.29, 0.717) is 0 Å². The van der Waals surface area contributed by atoms with Gasteiger partial charge in [-0.05, 0) is 0 Å². The standard InChI is InChI=1S/C4H4N.Mn/c1-2-4-5-3-1;/h1-3,5H;. The van der Waals surface area contributed by atoms with E-state index >= 15 is 0 Å². The van der Waals surface area contributed by atoms with Crippen LogP contribution in [0, 0.1) is 0 Å². The molecule has 0 aromatic carbocycles. The Morgan fingerprint density at radius 1 is 1.67 bits per heavy atom. The van der Waals surface area contributed by atoms with Crippen LogP contribution in [0.1, 0.15) is 0 Å². The molecule has 0 radical (unpaired) electrons. The van der Waals surface area contributed by atoms with Crippen LogP contribution in [0.4, 0.5) is 0 Å². The predicted molar refractivity (Wildman–Crippen MR) is 20.4 cm³/mol. The van der Waals surface area contributed by atoms with Gasteiger partial charge in [0, 0.05) is 0 Å². The van der Waals surface area contributed by atoms with E-state index in [1.165, 1.54) is 0 Å². The van der Waals surface area contributed by atoms with E-state index in [0.717, 1.165) is 4.59 Å². The second-order valence-corrected chi connectivity index (χ2v) is 1.65. The van der Waals surface area contributed by atoms with Gasteiger partial charge in [0.2, 0.25) is 0 Å². The van der Waals surface area contributed by atoms with Crippen molar-refractivity contribution >= 4 is 4.59 Å². The van der Waals surface area contributed by atoms with Crippen molar-refractivity contribution in [3.05, 3.63) is 18.3 Å². The average Bonchev–Trinajstić information content (AvgIpc) is 1.86. The molecule has 0 unspecified atom stereocenters. The van der Waals surface area contributed by atoms with Gasteiger partial charge in [0.1, 0.15) is 0 Å². The van der Waals surface area contributed by atoms with Gasteiger partial charge >= 0.3 is 43.9 Å². The number of hydrogen-bond acceptors (Lipinski definition) is 0. The maximum absolute atomic E-state index is 3.23. The number of hydrogen-bond donors (Lipinski definition) is 1. The van der Waals surface area contributed by atoms with Gasteiger partial charge in [0.05, 0.1) is 0 Å². The van der Waals surface area contributed by atoms with E-state index < -0.39 is 0 Å². The maximum atomic E-state index is 3.23. The first kappa shape index (κ1) is 3.97. The molecular formula is C4H4MnN. The van der Waals surface area contributed by atoms with Gasteiger partial charge in [0.15, 0.2) is 0 Å². The van der Waals surface area contributed by atoms with Crippen molar-refractivity contribution in [3.8, 4) is 0 Å². The van der Waals surface area contributed by atoms with Gasteiger partial charge in [0.25, 0.3) is 0 Å². The van der Waals surface area contributed by atoms with Gasteiger partial charge in [-0.3, -0.25) is 0 Å². The third kappa shape index (κ3) is 0.644. The molecule has 0 aliphatic carbocycles. The van der Waals surface area contributed by atoms with Crippen molar-refractivity contribution in [1.82, 2.24) is 4.98 Å². The molecule has 6 heavy (non-hydrogen) atoms. The minimum atomic E-state index is 1.03. The summed E-state index contributed by atoms with van der Waals surface area (Å²) in [6, 6.07) is 3.88. The van der Waals surface area contributed by atoms with Crippen molar-refractivity contribution < 1.29 is 16.0 Å². The Hall–Kier alpha value is -0.201. The van der Waals surface area contributed by atoms with Gasteiger partial charge in [-0.15, -0.1) is 0 Å². The monoisotopic (exact) mass is 121 g/mol. The van der Waals surface area contributed by atoms with Crippen LogP contribution in [-0.4, -0.2) is 4.98 Å². The van der Waals surface area contributed by atoms with Gasteiger partial charge in [-0.25, -0.2) is 0 Å². The summed E-state index contributed by atoms with van der Waals surface area (Å²) in [4.78, 5) is 2.92. The first-order valence-corrected chi connectivity index (χ1v) is 2.27. The fourth-order valence-electron chi connectivity index (χ4n) is 0.308. The Morgan fingerprint density at radius 2 is 2.50 bits per heavy atom. The van der Waals surface area contributed by atoms with Crippen LogP contribution in [0.2, 0.25) is 0 Å². The second-order valence-electron chi connectivity index (χ2n) is 1.02. The Balaban J connectivity index is 3.05. The van der Waals surface area contributed by atoms with E-state index in [1.54, 1.807) is 0 Å². The molecule has 0 amide bonds. The molecule has 1 aromatic heterocycles. The van der Waals surface area contributed by atoms with Crippen LogP contribution in [-0.2, 0) is 16.0 Å². The van der Waals surface area contributed by atoms with E-state index in [2.05, 4.69) is 21.0 Å². The third-order valence-corrected chi connectivity index (χ3v) is 0.927. The number of nitrogens with one attached hydrogen (secondary N) is 1. The summed E-state index contributed by atoms with van der Waals surface area (Å²) in [5.41, 5.74) is 0. The van der Waals surface area contributed by atoms with Crippen LogP contribution < -0.4 is 4.59 Å². The van der Waals surface area contributed by atoms with Gasteiger partial charge in [-0.1, -0.05) is 0 Å². The molecule has 1 N–H and O–H groups in total. The molecule has 0 saturated carbocycles. The molecule has 1 aromatic rings. The summed E-state index contributed by atoms with van der Waals surface area (Å²) in [7, 11) is 0. The SMILES string of the molecule is [Mn][c]1ccc[nH]1. The number of H-pyrrole nitrogens is 1. The fraction of sp³-hybridized carbons (Fsp3) is 0. The Kier molecular flexibility index (Phi) is 0.992. The minimum absolute atomic E-state index is 1.03. The first-order chi connectivity index (χ1) is 2.89. The molecular weight excluding hydrogens is 117 g/mol. The zero-order chi connectivity index (χ0) is 4.41. The molecule has 0 aliphatic heterocycles. The molecule has 0 bridgehead atoms. The summed E-state index contributed by atoms with van der Waals surface area (Å²) in [6.07, 6.45) is 1.87. The van der Waals surface area contributed by atoms with Crippen LogP contribution in [0.15, 0.2) is 18.3 Å². The van der Waals surface area contributed by atoms with E-state index in [1.807, 2.05) is 18.3 Å². The summed E-state index contributed by atoms with van der Waals surface area (Å²) in [5.74, 6) is 0. The van der Waals surface area contributed by atoms with Crippen LogP contribution in [0.5, 0.6) is 0 Å². The summed E-state index contributed by atoms with van der Waals surface area (Å²) in [6.45, 7) is 0. The Morgan fingerprint density at radius 3 is 2.67 bits per heavy atom. The Bertz CT molecular complexity index is 111. The molecule has 2 heteroatoms. The van der Waals surface area contributed by atoms with Crippen molar-refractivity contribution in [3.63, 3.8) is 0 Å². The molecule has 0 saturated heterocycles. The number of aromatic nitrogens is 1. The second kappa shape index (κ2) is 1.50. The molecule has 1 nitrogen and oxygen atoms in total. The third-order valence-electron chi connectivity index (χ3n) is 0.560. The molecule has 1 rings (SSSR count). The topological polar surface area (TPSA) is 15.8 Å². The van der Waals surface area contributed by atoms with Crippen LogP contribution >= 0.6 is 0 Å². The quantitative estimate of drug-likeness (QED) is 0.471. The molecule has 0 aliphatic rings. The van der Waals surface area contributed by atoms with Crippen molar-refractivity contribution in [2.75, 3.05) is 0 Å². The van der Waals surface area contributed by atoms with Crippen LogP contribution in [0.25, 0.3) is 0 Å². The zero-order valence-corrected chi connectivity index (χ0v) is 4.29. The van der Waals surface area contributed by atoms with Crippen LogP contribution in [0.3, 0.4) is 0 Å². The van der Waals surface area contributed by atoms with Crippen molar-refractivity contribution in [2.45, 2.75) is 0 Å². The zero-order valence-electron chi connectivity index (χ0n) is 3.11. The normalized spacial score (nSPS) is 8.83. The summed E-state index contributed by atoms with van der Waals surface area (Å²) < 4.78 is 1.03. The summed E-state index contributed by atoms with van der Waals surface area (Å²) >= 11 is 3.23. The molecule has 32 valence electrons. The van der Waals surface area contributed by atoms with Crippen molar-refractivity contribution in [1.29, 1.82) is 0 Å². The van der Waals surface area contributed by atoms with E-state index in [-0.39, 0.29) is 0 Å². The van der Waals surface area contributed by atoms with Crippen molar-refractivity contribution in [2.24, 2.45) is 0 Å². The van der Waals surface area contributed by atoms with Gasteiger partial charge < -0.3 is 0 Å². The molecule has 1 heterocycles. The molecule has 0 fully saturated rings. The fourth-order valence-corrected chi connectivity index (χ4v) is 0.520. The molecule has 0 atom stereocenters.